The van der Waals surface area contributed by atoms with Crippen LogP contribution in [0, 0.1) is 0 Å². The van der Waals surface area contributed by atoms with E-state index in [2.05, 4.69) is 0 Å². The maximum absolute atomic E-state index is 11.3. The largest absolute Gasteiger partial charge is 0.488 e. The van der Waals surface area contributed by atoms with Gasteiger partial charge in [-0.2, -0.15) is 0 Å². The normalized spacial score (nSPS) is 23.0. The van der Waals surface area contributed by atoms with Crippen molar-refractivity contribution in [2.24, 2.45) is 5.14 Å². The van der Waals surface area contributed by atoms with Crippen LogP contribution in [0.4, 0.5) is 0 Å². The molecule has 5 nitrogen and oxygen atoms in total. The minimum absolute atomic E-state index is 0.00458. The maximum atomic E-state index is 11.3. The molecule has 0 aliphatic carbocycles. The van der Waals surface area contributed by atoms with Gasteiger partial charge in [-0.3, -0.25) is 0 Å². The number of hydrogen-bond acceptors (Lipinski definition) is 4. The number of nitrogens with two attached hydrogens (primary N) is 1. The van der Waals surface area contributed by atoms with Crippen molar-refractivity contribution < 1.29 is 17.9 Å². The van der Waals surface area contributed by atoms with Crippen molar-refractivity contribution in [1.82, 2.24) is 0 Å². The standard InChI is InChI=1S/C12H15Cl2NO4S/c1-7-2-3-8(19-7)6-18-12-10(13)4-9(5-11(12)14)20(15,16)17/h4-5,7-8H,2-3,6H2,1H3,(H2,15,16,17). The summed E-state index contributed by atoms with van der Waals surface area (Å²) in [5.41, 5.74) is 0. The molecule has 8 heteroatoms. The topological polar surface area (TPSA) is 78.6 Å². The number of hydrogen-bond donors (Lipinski definition) is 1. The van der Waals surface area contributed by atoms with Crippen LogP contribution in [0.15, 0.2) is 17.0 Å². The van der Waals surface area contributed by atoms with Crippen molar-refractivity contribution in [2.45, 2.75) is 36.9 Å². The molecular formula is C12H15Cl2NO4S. The molecule has 1 fully saturated rings. The van der Waals surface area contributed by atoms with Gasteiger partial charge in [-0.1, -0.05) is 23.2 Å². The molecule has 0 spiro atoms. The Bertz CT molecular complexity index is 582. The summed E-state index contributed by atoms with van der Waals surface area (Å²) < 4.78 is 33.7. The highest BCUT2D eigenvalue weighted by Crippen LogP contribution is 2.35. The van der Waals surface area contributed by atoms with E-state index in [4.69, 9.17) is 37.8 Å². The second-order valence-electron chi connectivity index (χ2n) is 4.72. The van der Waals surface area contributed by atoms with Crippen molar-refractivity contribution in [3.05, 3.63) is 22.2 Å². The first kappa shape index (κ1) is 15.9. The molecule has 2 N–H and O–H groups in total. The quantitative estimate of drug-likeness (QED) is 0.914. The molecule has 0 amide bonds. The molecule has 1 saturated heterocycles. The molecule has 1 aliphatic heterocycles. The number of benzene rings is 1. The van der Waals surface area contributed by atoms with E-state index < -0.39 is 10.0 Å². The van der Waals surface area contributed by atoms with Gasteiger partial charge in [0.15, 0.2) is 5.75 Å². The van der Waals surface area contributed by atoms with Crippen LogP contribution in [0.3, 0.4) is 0 Å². The fourth-order valence-corrected chi connectivity index (χ4v) is 3.31. The Kier molecular flexibility index (Phi) is 4.81. The molecule has 1 aromatic carbocycles. The molecule has 112 valence electrons. The lowest BCUT2D eigenvalue weighted by molar-refractivity contribution is 0.0265. The molecule has 20 heavy (non-hydrogen) atoms. The van der Waals surface area contributed by atoms with Gasteiger partial charge in [0.25, 0.3) is 0 Å². The lowest BCUT2D eigenvalue weighted by Crippen LogP contribution is -2.18. The Morgan fingerprint density at radius 2 is 1.95 bits per heavy atom. The number of primary sulfonamides is 1. The minimum Gasteiger partial charge on any atom is -0.488 e. The molecule has 2 unspecified atom stereocenters. The highest BCUT2D eigenvalue weighted by atomic mass is 35.5. The maximum Gasteiger partial charge on any atom is 0.238 e. The van der Waals surface area contributed by atoms with Gasteiger partial charge >= 0.3 is 0 Å². The smallest absolute Gasteiger partial charge is 0.238 e. The van der Waals surface area contributed by atoms with E-state index >= 15 is 0 Å². The first-order valence-corrected chi connectivity index (χ1v) is 8.37. The summed E-state index contributed by atoms with van der Waals surface area (Å²) in [6.45, 7) is 2.32. The summed E-state index contributed by atoms with van der Waals surface area (Å²) >= 11 is 12.0. The highest BCUT2D eigenvalue weighted by Gasteiger charge is 2.23. The van der Waals surface area contributed by atoms with Crippen molar-refractivity contribution in [2.75, 3.05) is 6.61 Å². The van der Waals surface area contributed by atoms with Crippen LogP contribution in [0.1, 0.15) is 19.8 Å². The molecule has 0 bridgehead atoms. The van der Waals surface area contributed by atoms with Crippen LogP contribution in [-0.2, 0) is 14.8 Å². The van der Waals surface area contributed by atoms with Gasteiger partial charge in [0.2, 0.25) is 10.0 Å². The molecule has 1 aromatic rings. The van der Waals surface area contributed by atoms with Gasteiger partial charge in [0.1, 0.15) is 6.61 Å². The Labute approximate surface area is 128 Å². The summed E-state index contributed by atoms with van der Waals surface area (Å²) in [7, 11) is -3.85. The first-order valence-electron chi connectivity index (χ1n) is 6.07. The van der Waals surface area contributed by atoms with Crippen LogP contribution in [0.25, 0.3) is 0 Å². The molecule has 0 saturated carbocycles. The molecule has 1 aliphatic rings. The van der Waals surface area contributed by atoms with E-state index in [-0.39, 0.29) is 32.9 Å². The summed E-state index contributed by atoms with van der Waals surface area (Å²) in [6, 6.07) is 2.44. The molecule has 2 rings (SSSR count). The summed E-state index contributed by atoms with van der Waals surface area (Å²) in [5, 5.41) is 5.24. The molecule has 0 radical (unpaired) electrons. The Morgan fingerprint density at radius 3 is 2.40 bits per heavy atom. The van der Waals surface area contributed by atoms with Crippen LogP contribution >= 0.6 is 23.2 Å². The van der Waals surface area contributed by atoms with Gasteiger partial charge in [-0.25, -0.2) is 13.6 Å². The summed E-state index contributed by atoms with van der Waals surface area (Å²) in [4.78, 5) is -0.148. The van der Waals surface area contributed by atoms with E-state index in [0.29, 0.717) is 6.61 Å². The van der Waals surface area contributed by atoms with Gasteiger partial charge in [0.05, 0.1) is 27.1 Å². The average molecular weight is 340 g/mol. The Hall–Kier alpha value is -0.530. The SMILES string of the molecule is CC1CCC(COc2c(Cl)cc(S(N)(=O)=O)cc2Cl)O1. The lowest BCUT2D eigenvalue weighted by atomic mass is 10.2. The zero-order valence-electron chi connectivity index (χ0n) is 10.8. The number of halogens is 2. The van der Waals surface area contributed by atoms with Crippen molar-refractivity contribution in [3.63, 3.8) is 0 Å². The van der Waals surface area contributed by atoms with E-state index in [1.54, 1.807) is 0 Å². The molecule has 1 heterocycles. The first-order chi connectivity index (χ1) is 9.27. The molecule has 0 aromatic heterocycles. The minimum atomic E-state index is -3.85. The Morgan fingerprint density at radius 1 is 1.35 bits per heavy atom. The zero-order valence-corrected chi connectivity index (χ0v) is 13.1. The second kappa shape index (κ2) is 6.07. The summed E-state index contributed by atoms with van der Waals surface area (Å²) in [5.74, 6) is 0.240. The average Bonchev–Trinajstić information content (AvgIpc) is 2.72. The highest BCUT2D eigenvalue weighted by molar-refractivity contribution is 7.89. The number of sulfonamides is 1. The van der Waals surface area contributed by atoms with E-state index in [9.17, 15) is 8.42 Å². The molecular weight excluding hydrogens is 325 g/mol. The summed E-state index contributed by atoms with van der Waals surface area (Å²) in [6.07, 6.45) is 2.11. The number of ether oxygens (including phenoxy) is 2. The van der Waals surface area contributed by atoms with Gasteiger partial charge < -0.3 is 9.47 Å². The van der Waals surface area contributed by atoms with E-state index in [0.717, 1.165) is 12.8 Å². The lowest BCUT2D eigenvalue weighted by Gasteiger charge is -2.15. The van der Waals surface area contributed by atoms with Crippen LogP contribution < -0.4 is 9.88 Å². The van der Waals surface area contributed by atoms with Gasteiger partial charge in [0, 0.05) is 0 Å². The third kappa shape index (κ3) is 3.77. The van der Waals surface area contributed by atoms with Gasteiger partial charge in [-0.15, -0.1) is 0 Å². The fourth-order valence-electron chi connectivity index (χ4n) is 2.02. The monoisotopic (exact) mass is 339 g/mol. The Balaban J connectivity index is 2.13. The predicted molar refractivity (Wildman–Crippen MR) is 76.9 cm³/mol. The molecule has 2 atom stereocenters. The van der Waals surface area contributed by atoms with Crippen molar-refractivity contribution in [1.29, 1.82) is 0 Å². The van der Waals surface area contributed by atoms with E-state index in [1.165, 1.54) is 12.1 Å². The third-order valence-corrected chi connectivity index (χ3v) is 4.49. The second-order valence-corrected chi connectivity index (χ2v) is 7.09. The van der Waals surface area contributed by atoms with E-state index in [1.807, 2.05) is 6.92 Å². The predicted octanol–water partition coefficient (Wildman–Crippen LogP) is 2.59. The number of rotatable bonds is 4. The van der Waals surface area contributed by atoms with Gasteiger partial charge in [-0.05, 0) is 31.9 Å². The van der Waals surface area contributed by atoms with Crippen LogP contribution in [0.5, 0.6) is 5.75 Å². The van der Waals surface area contributed by atoms with Crippen molar-refractivity contribution in [3.8, 4) is 5.75 Å². The third-order valence-electron chi connectivity index (χ3n) is 3.03. The fraction of sp³-hybridized carbons (Fsp3) is 0.500. The van der Waals surface area contributed by atoms with Crippen LogP contribution in [-0.4, -0.2) is 27.2 Å². The van der Waals surface area contributed by atoms with Crippen LogP contribution in [0.2, 0.25) is 10.0 Å². The van der Waals surface area contributed by atoms with Crippen molar-refractivity contribution >= 4 is 33.2 Å². The zero-order chi connectivity index (χ0) is 14.9.